The Kier molecular flexibility index (Phi) is 12.2. The van der Waals surface area contributed by atoms with E-state index in [9.17, 15) is 0 Å². The first-order chi connectivity index (χ1) is 36.2. The highest BCUT2D eigenvalue weighted by Crippen LogP contribution is 2.58. The fourth-order valence-electron chi connectivity index (χ4n) is 11.4. The van der Waals surface area contributed by atoms with Gasteiger partial charge >= 0.3 is 0 Å². The van der Waals surface area contributed by atoms with E-state index >= 15 is 0 Å². The summed E-state index contributed by atoms with van der Waals surface area (Å²) in [6.45, 7) is 0. The van der Waals surface area contributed by atoms with Crippen LogP contribution in [0, 0.1) is 0 Å². The maximum atomic E-state index is 2.49. The molecular weight excluding hydrogens is 889 g/mol. The first-order valence-corrected chi connectivity index (χ1v) is 25.3. The molecule has 0 aromatic heterocycles. The Hall–Kier alpha value is -9.36. The van der Waals surface area contributed by atoms with Gasteiger partial charge in [-0.2, -0.15) is 0 Å². The van der Waals surface area contributed by atoms with Crippen LogP contribution in [0.15, 0.2) is 303 Å². The fraction of sp³-hybridized carbons (Fsp3) is 0.0270. The van der Waals surface area contributed by atoms with Crippen molar-refractivity contribution in [3.63, 3.8) is 0 Å². The third kappa shape index (κ3) is 8.37. The van der Waals surface area contributed by atoms with Crippen molar-refractivity contribution in [1.29, 1.82) is 0 Å². The molecule has 74 heavy (non-hydrogen) atoms. The van der Waals surface area contributed by atoms with Gasteiger partial charge in [-0.15, -0.1) is 0 Å². The average Bonchev–Trinajstić information content (AvgIpc) is 3.81. The molecule has 0 radical (unpaired) electrons. The number of fused-ring (bicyclic) bond motifs is 3. The summed E-state index contributed by atoms with van der Waals surface area (Å²) in [6.07, 6.45) is 0. The average molecular weight is 943 g/mol. The molecule has 1 aliphatic rings. The van der Waals surface area contributed by atoms with Gasteiger partial charge in [0, 0.05) is 0 Å². The van der Waals surface area contributed by atoms with Crippen LogP contribution in [0.2, 0.25) is 0 Å². The molecule has 0 spiro atoms. The molecule has 0 nitrogen and oxygen atoms in total. The predicted molar refractivity (Wildman–Crippen MR) is 314 cm³/mol. The van der Waals surface area contributed by atoms with E-state index in [1.54, 1.807) is 0 Å². The second-order valence-electron chi connectivity index (χ2n) is 19.2. The van der Waals surface area contributed by atoms with Crippen LogP contribution in [0.4, 0.5) is 0 Å². The van der Waals surface area contributed by atoms with Crippen molar-refractivity contribution in [3.05, 3.63) is 326 Å². The topological polar surface area (TPSA) is 0 Å². The van der Waals surface area contributed by atoms with E-state index in [0.29, 0.717) is 0 Å². The SMILES string of the molecule is C.c1ccc(-c2cccc(-c3cc(-c4cccc(-c5ccccc5)c4)cc(C4(c5cc(-c6cccc(-c7ccccc7)c6)cc(-c6cccc(-c7ccccc7)c6)c5)c5ccccc5-c5ccccc54)c3)c2)cc1. The molecule has 0 saturated heterocycles. The molecule has 0 fully saturated rings. The van der Waals surface area contributed by atoms with Crippen molar-refractivity contribution in [1.82, 2.24) is 0 Å². The maximum absolute atomic E-state index is 2.49. The Labute approximate surface area is 436 Å². The lowest BCUT2D eigenvalue weighted by Gasteiger charge is -2.35. The molecule has 12 aromatic carbocycles. The zero-order valence-corrected chi connectivity index (χ0v) is 40.4. The van der Waals surface area contributed by atoms with Crippen molar-refractivity contribution < 1.29 is 0 Å². The zero-order valence-electron chi connectivity index (χ0n) is 40.4. The minimum absolute atomic E-state index is 0. The predicted octanol–water partition coefficient (Wildman–Crippen LogP) is 20.0. The minimum Gasteiger partial charge on any atom is -0.0776 e. The number of benzene rings is 12. The summed E-state index contributed by atoms with van der Waals surface area (Å²) in [5.74, 6) is 0. The van der Waals surface area contributed by atoms with Crippen LogP contribution in [0.1, 0.15) is 29.7 Å². The molecule has 0 heteroatoms. The summed E-state index contributed by atoms with van der Waals surface area (Å²) in [5.41, 5.74) is 25.6. The Bertz CT molecular complexity index is 3480. The van der Waals surface area contributed by atoms with Crippen LogP contribution in [0.25, 0.3) is 100 Å². The van der Waals surface area contributed by atoms with Crippen molar-refractivity contribution in [2.75, 3.05) is 0 Å². The van der Waals surface area contributed by atoms with Gasteiger partial charge in [-0.1, -0.05) is 250 Å². The van der Waals surface area contributed by atoms with Crippen LogP contribution >= 0.6 is 0 Å². The molecule has 0 unspecified atom stereocenters. The Morgan fingerprint density at radius 1 is 0.162 bits per heavy atom. The van der Waals surface area contributed by atoms with Crippen LogP contribution in [-0.2, 0) is 5.41 Å². The molecule has 0 amide bonds. The molecule has 0 N–H and O–H groups in total. The Morgan fingerprint density at radius 3 is 0.635 bits per heavy atom. The summed E-state index contributed by atoms with van der Waals surface area (Å²) >= 11 is 0. The maximum Gasteiger partial charge on any atom is 0.0714 e. The third-order valence-electron chi connectivity index (χ3n) is 14.9. The largest absolute Gasteiger partial charge is 0.0776 e. The van der Waals surface area contributed by atoms with Crippen molar-refractivity contribution in [2.24, 2.45) is 0 Å². The van der Waals surface area contributed by atoms with Crippen molar-refractivity contribution in [2.45, 2.75) is 12.8 Å². The van der Waals surface area contributed by atoms with E-state index in [1.807, 2.05) is 0 Å². The number of hydrogen-bond acceptors (Lipinski definition) is 0. The molecule has 350 valence electrons. The fourth-order valence-corrected chi connectivity index (χ4v) is 11.4. The summed E-state index contributed by atoms with van der Waals surface area (Å²) in [7, 11) is 0. The zero-order chi connectivity index (χ0) is 48.6. The van der Waals surface area contributed by atoms with Gasteiger partial charge in [0.25, 0.3) is 0 Å². The number of rotatable bonds is 10. The highest BCUT2D eigenvalue weighted by Gasteiger charge is 2.46. The summed E-state index contributed by atoms with van der Waals surface area (Å²) in [4.78, 5) is 0. The smallest absolute Gasteiger partial charge is 0.0714 e. The molecule has 13 rings (SSSR count). The second kappa shape index (κ2) is 19.7. The second-order valence-corrected chi connectivity index (χ2v) is 19.2. The summed E-state index contributed by atoms with van der Waals surface area (Å²) in [6, 6.07) is 112. The molecule has 0 bridgehead atoms. The lowest BCUT2D eigenvalue weighted by atomic mass is 9.66. The van der Waals surface area contributed by atoms with Crippen LogP contribution in [0.5, 0.6) is 0 Å². The van der Waals surface area contributed by atoms with Crippen molar-refractivity contribution >= 4 is 0 Å². The van der Waals surface area contributed by atoms with Gasteiger partial charge in [0.15, 0.2) is 0 Å². The van der Waals surface area contributed by atoms with Crippen molar-refractivity contribution in [3.8, 4) is 100 Å². The third-order valence-corrected chi connectivity index (χ3v) is 14.9. The van der Waals surface area contributed by atoms with E-state index < -0.39 is 5.41 Å². The molecular formula is C74H54. The van der Waals surface area contributed by atoms with Gasteiger partial charge in [-0.05, 0) is 183 Å². The highest BCUT2D eigenvalue weighted by molar-refractivity contribution is 5.91. The van der Waals surface area contributed by atoms with Gasteiger partial charge in [-0.25, -0.2) is 0 Å². The Balaban J connectivity index is 0.00000556. The summed E-state index contributed by atoms with van der Waals surface area (Å²) in [5, 5.41) is 0. The van der Waals surface area contributed by atoms with Crippen LogP contribution in [0.3, 0.4) is 0 Å². The molecule has 0 aliphatic heterocycles. The first kappa shape index (κ1) is 45.8. The lowest BCUT2D eigenvalue weighted by Crippen LogP contribution is -2.29. The van der Waals surface area contributed by atoms with Crippen LogP contribution < -0.4 is 0 Å². The highest BCUT2D eigenvalue weighted by atomic mass is 14.5. The molecule has 0 heterocycles. The van der Waals surface area contributed by atoms with Gasteiger partial charge in [0.2, 0.25) is 0 Å². The number of hydrogen-bond donors (Lipinski definition) is 0. The van der Waals surface area contributed by atoms with Gasteiger partial charge < -0.3 is 0 Å². The van der Waals surface area contributed by atoms with Crippen LogP contribution in [-0.4, -0.2) is 0 Å². The molecule has 1 aliphatic carbocycles. The molecule has 12 aromatic rings. The van der Waals surface area contributed by atoms with E-state index in [1.165, 1.54) is 122 Å². The minimum atomic E-state index is -0.731. The van der Waals surface area contributed by atoms with Gasteiger partial charge in [0.1, 0.15) is 0 Å². The van der Waals surface area contributed by atoms with E-state index in [4.69, 9.17) is 0 Å². The standard InChI is InChI=1S/C73H50.CH4/c1-5-21-51(22-6-1)55-29-17-33-59(41-55)63-45-64(60-34-18-30-56(42-60)52-23-7-2-8-24-52)48-67(47-63)73(71-39-15-13-37-69(71)70-38-14-16-40-72(70)73)68-49-65(61-35-19-31-57(43-61)53-25-9-3-10-26-53)46-66(50-68)62-36-20-32-58(44-62)54-27-11-4-12-28-54;/h1-50H;1H4. The molecule has 0 atom stereocenters. The van der Waals surface area contributed by atoms with Gasteiger partial charge in [-0.3, -0.25) is 0 Å². The Morgan fingerprint density at radius 2 is 0.365 bits per heavy atom. The van der Waals surface area contributed by atoms with E-state index in [-0.39, 0.29) is 7.43 Å². The van der Waals surface area contributed by atoms with Gasteiger partial charge in [0.05, 0.1) is 5.41 Å². The first-order valence-electron chi connectivity index (χ1n) is 25.3. The normalized spacial score (nSPS) is 12.1. The van der Waals surface area contributed by atoms with E-state index in [2.05, 4.69) is 303 Å². The summed E-state index contributed by atoms with van der Waals surface area (Å²) < 4.78 is 0. The quantitative estimate of drug-likeness (QED) is 0.128. The molecule has 0 saturated carbocycles. The lowest BCUT2D eigenvalue weighted by molar-refractivity contribution is 0.770. The van der Waals surface area contributed by atoms with E-state index in [0.717, 1.165) is 0 Å². The monoisotopic (exact) mass is 942 g/mol.